The molecule has 0 fully saturated rings. The lowest BCUT2D eigenvalue weighted by molar-refractivity contribution is 0.824. The summed E-state index contributed by atoms with van der Waals surface area (Å²) in [7, 11) is 0. The molecule has 0 aliphatic heterocycles. The lowest BCUT2D eigenvalue weighted by atomic mass is 9.87. The van der Waals surface area contributed by atoms with Gasteiger partial charge in [0.05, 0.1) is 0 Å². The molecule has 3 aromatic carbocycles. The Bertz CT molecular complexity index is 1200. The van der Waals surface area contributed by atoms with E-state index in [4.69, 9.17) is 0 Å². The summed E-state index contributed by atoms with van der Waals surface area (Å²) in [6.45, 7) is 2.17. The standard InChI is InChI=1S/C25H22/c1-17-6-4-8-19(16-17)21-10-5-11-22-24(21)15-14-23-20-9-3-2-7-18(20)12-13-25(22)23/h4-8,10-13,15-16H,2-3,9,14H2,1H3. The molecule has 0 bridgehead atoms. The molecule has 0 aromatic heterocycles. The molecule has 0 heterocycles. The van der Waals surface area contributed by atoms with Gasteiger partial charge in [-0.3, -0.25) is 0 Å². The van der Waals surface area contributed by atoms with Crippen LogP contribution in [0.3, 0.4) is 0 Å². The van der Waals surface area contributed by atoms with Crippen LogP contribution in [0.25, 0.3) is 23.3 Å². The maximum absolute atomic E-state index is 2.45. The molecular weight excluding hydrogens is 300 g/mol. The Hall–Kier alpha value is -2.60. The lowest BCUT2D eigenvalue weighted by Gasteiger charge is -2.17. The summed E-state index contributed by atoms with van der Waals surface area (Å²) in [6.07, 6.45) is 9.67. The SMILES string of the molecule is Cc1cccc(-c2cccc3c2=CCc2c4c(ccc2=3)=CCCC4)c1. The second-order valence-corrected chi connectivity index (χ2v) is 7.30. The van der Waals surface area contributed by atoms with Gasteiger partial charge in [-0.1, -0.05) is 72.3 Å². The molecule has 2 aliphatic carbocycles. The molecule has 0 N–H and O–H groups in total. The van der Waals surface area contributed by atoms with Crippen molar-refractivity contribution in [3.63, 3.8) is 0 Å². The van der Waals surface area contributed by atoms with Crippen molar-refractivity contribution in [2.24, 2.45) is 0 Å². The van der Waals surface area contributed by atoms with Crippen molar-refractivity contribution in [2.45, 2.75) is 32.6 Å². The highest BCUT2D eigenvalue weighted by atomic mass is 14.2. The number of rotatable bonds is 1. The summed E-state index contributed by atoms with van der Waals surface area (Å²) in [6, 6.07) is 20.3. The van der Waals surface area contributed by atoms with Crippen LogP contribution in [-0.4, -0.2) is 0 Å². The van der Waals surface area contributed by atoms with Crippen molar-refractivity contribution in [1.82, 2.24) is 0 Å². The Morgan fingerprint density at radius 1 is 0.800 bits per heavy atom. The zero-order valence-corrected chi connectivity index (χ0v) is 14.7. The van der Waals surface area contributed by atoms with Gasteiger partial charge in [0.2, 0.25) is 0 Å². The molecule has 0 spiro atoms. The van der Waals surface area contributed by atoms with E-state index in [0.29, 0.717) is 0 Å². The summed E-state index contributed by atoms with van der Waals surface area (Å²) in [5.74, 6) is 0. The molecule has 0 amide bonds. The fourth-order valence-electron chi connectivity index (χ4n) is 4.51. The molecule has 0 radical (unpaired) electrons. The molecule has 0 saturated heterocycles. The summed E-state index contributed by atoms with van der Waals surface area (Å²) in [5, 5.41) is 5.71. The molecule has 3 aromatic rings. The summed E-state index contributed by atoms with van der Waals surface area (Å²) < 4.78 is 0. The van der Waals surface area contributed by atoms with E-state index in [0.717, 1.165) is 6.42 Å². The third-order valence-corrected chi connectivity index (χ3v) is 5.70. The number of hydrogen-bond donors (Lipinski definition) is 0. The summed E-state index contributed by atoms with van der Waals surface area (Å²) >= 11 is 0. The van der Waals surface area contributed by atoms with E-state index in [9.17, 15) is 0 Å². The van der Waals surface area contributed by atoms with Gasteiger partial charge in [-0.05, 0) is 75.7 Å². The van der Waals surface area contributed by atoms with Crippen LogP contribution >= 0.6 is 0 Å². The number of hydrogen-bond acceptors (Lipinski definition) is 0. The zero-order valence-electron chi connectivity index (χ0n) is 14.7. The molecule has 0 heteroatoms. The molecular formula is C25H22. The summed E-state index contributed by atoms with van der Waals surface area (Å²) in [5.41, 5.74) is 7.14. The highest BCUT2D eigenvalue weighted by molar-refractivity contribution is 5.67. The minimum absolute atomic E-state index is 1.06. The Kier molecular flexibility index (Phi) is 3.38. The van der Waals surface area contributed by atoms with Gasteiger partial charge in [0.25, 0.3) is 0 Å². The second kappa shape index (κ2) is 5.74. The molecule has 2 aliphatic rings. The molecule has 122 valence electrons. The van der Waals surface area contributed by atoms with E-state index in [1.807, 2.05) is 0 Å². The fourth-order valence-corrected chi connectivity index (χ4v) is 4.51. The van der Waals surface area contributed by atoms with Crippen molar-refractivity contribution >= 4 is 12.2 Å². The maximum Gasteiger partial charge on any atom is -0.00789 e. The van der Waals surface area contributed by atoms with Gasteiger partial charge in [-0.2, -0.15) is 0 Å². The summed E-state index contributed by atoms with van der Waals surface area (Å²) in [4.78, 5) is 0. The minimum atomic E-state index is 1.06. The van der Waals surface area contributed by atoms with Crippen LogP contribution < -0.4 is 10.4 Å². The van der Waals surface area contributed by atoms with Crippen LogP contribution in [0.2, 0.25) is 0 Å². The predicted octanol–water partition coefficient (Wildman–Crippen LogP) is 4.40. The molecule has 5 rings (SSSR count). The molecule has 25 heavy (non-hydrogen) atoms. The van der Waals surface area contributed by atoms with Gasteiger partial charge < -0.3 is 0 Å². The van der Waals surface area contributed by atoms with E-state index < -0.39 is 0 Å². The van der Waals surface area contributed by atoms with Crippen molar-refractivity contribution in [3.8, 4) is 11.1 Å². The Balaban J connectivity index is 1.88. The number of aryl methyl sites for hydroxylation is 1. The van der Waals surface area contributed by atoms with Crippen LogP contribution in [0.1, 0.15) is 29.5 Å². The molecule has 0 saturated carbocycles. The van der Waals surface area contributed by atoms with Crippen LogP contribution in [-0.2, 0) is 12.8 Å². The Labute approximate surface area is 148 Å². The van der Waals surface area contributed by atoms with E-state index in [-0.39, 0.29) is 0 Å². The average Bonchev–Trinajstić information content (AvgIpc) is 2.67. The van der Waals surface area contributed by atoms with E-state index in [2.05, 4.69) is 73.7 Å². The van der Waals surface area contributed by atoms with Gasteiger partial charge in [0, 0.05) is 0 Å². The van der Waals surface area contributed by atoms with E-state index in [1.165, 1.54) is 56.8 Å². The van der Waals surface area contributed by atoms with Crippen molar-refractivity contribution < 1.29 is 0 Å². The first-order valence-electron chi connectivity index (χ1n) is 9.33. The topological polar surface area (TPSA) is 0 Å². The third kappa shape index (κ3) is 2.36. The van der Waals surface area contributed by atoms with E-state index >= 15 is 0 Å². The predicted molar refractivity (Wildman–Crippen MR) is 106 cm³/mol. The first-order chi connectivity index (χ1) is 12.3. The average molecular weight is 322 g/mol. The van der Waals surface area contributed by atoms with Gasteiger partial charge in [-0.15, -0.1) is 0 Å². The highest BCUT2D eigenvalue weighted by Crippen LogP contribution is 2.21. The van der Waals surface area contributed by atoms with Crippen molar-refractivity contribution in [3.05, 3.63) is 92.2 Å². The second-order valence-electron chi connectivity index (χ2n) is 7.30. The largest absolute Gasteiger partial charge is 0.0770 e. The molecule has 0 atom stereocenters. The minimum Gasteiger partial charge on any atom is -0.0770 e. The van der Waals surface area contributed by atoms with Crippen LogP contribution in [0, 0.1) is 17.4 Å². The zero-order chi connectivity index (χ0) is 16.8. The van der Waals surface area contributed by atoms with Gasteiger partial charge >= 0.3 is 0 Å². The highest BCUT2D eigenvalue weighted by Gasteiger charge is 2.12. The van der Waals surface area contributed by atoms with Crippen molar-refractivity contribution in [2.75, 3.05) is 0 Å². The quantitative estimate of drug-likeness (QED) is 0.623. The van der Waals surface area contributed by atoms with Crippen molar-refractivity contribution in [1.29, 1.82) is 0 Å². The monoisotopic (exact) mass is 322 g/mol. The maximum atomic E-state index is 2.45. The fraction of sp³-hybridized carbons (Fsp3) is 0.200. The van der Waals surface area contributed by atoms with Crippen LogP contribution in [0.15, 0.2) is 54.6 Å². The molecule has 0 nitrogen and oxygen atoms in total. The van der Waals surface area contributed by atoms with Gasteiger partial charge in [0.1, 0.15) is 0 Å². The van der Waals surface area contributed by atoms with Crippen LogP contribution in [0.4, 0.5) is 0 Å². The normalized spacial score (nSPS) is 14.6. The Morgan fingerprint density at radius 2 is 1.72 bits per heavy atom. The first-order valence-corrected chi connectivity index (χ1v) is 9.33. The molecule has 0 unspecified atom stereocenters. The third-order valence-electron chi connectivity index (χ3n) is 5.70. The lowest BCUT2D eigenvalue weighted by Crippen LogP contribution is -2.20. The van der Waals surface area contributed by atoms with E-state index in [1.54, 1.807) is 11.1 Å². The van der Waals surface area contributed by atoms with Gasteiger partial charge in [0.15, 0.2) is 0 Å². The van der Waals surface area contributed by atoms with Gasteiger partial charge in [-0.25, -0.2) is 0 Å². The number of benzene rings is 3. The first kappa shape index (κ1) is 14.7. The smallest absolute Gasteiger partial charge is 0.00789 e. The number of fused-ring (bicyclic) bond motifs is 4. The Morgan fingerprint density at radius 3 is 2.64 bits per heavy atom. The van der Waals surface area contributed by atoms with Crippen LogP contribution in [0.5, 0.6) is 0 Å².